The summed E-state index contributed by atoms with van der Waals surface area (Å²) in [6.45, 7) is 5.75. The van der Waals surface area contributed by atoms with E-state index in [-0.39, 0.29) is 0 Å². The minimum atomic E-state index is -2.45. The number of benzene rings is 1. The molecule has 0 aromatic heterocycles. The number of nitriles is 2. The molecule has 8 heteroatoms. The molecule has 1 fully saturated rings. The van der Waals surface area contributed by atoms with Crippen molar-refractivity contribution in [3.63, 3.8) is 0 Å². The normalized spacial score (nSPS) is 25.7. The van der Waals surface area contributed by atoms with E-state index in [0.29, 0.717) is 0 Å². The van der Waals surface area contributed by atoms with E-state index in [2.05, 4.69) is 0 Å². The van der Waals surface area contributed by atoms with Crippen LogP contribution in [0, 0.1) is 33.5 Å². The van der Waals surface area contributed by atoms with E-state index in [9.17, 15) is 21.5 Å². The van der Waals surface area contributed by atoms with Gasteiger partial charge in [-0.25, -0.2) is 0 Å². The number of ether oxygens (including phenoxy) is 2. The Hall–Kier alpha value is -2.12. The molecule has 1 aliphatic rings. The van der Waals surface area contributed by atoms with Crippen molar-refractivity contribution < 1.29 is 20.4 Å². The molecule has 1 aliphatic carbocycles. The Balaban J connectivity index is 2.86. The average Bonchev–Trinajstić information content (AvgIpc) is 2.65. The van der Waals surface area contributed by atoms with Crippen LogP contribution in [0.3, 0.4) is 0 Å². The molecule has 142 valence electrons. The summed E-state index contributed by atoms with van der Waals surface area (Å²) in [7, 11) is -0.231. The number of hydrogen-bond donors (Lipinski definition) is 0. The molecule has 1 aromatic rings. The van der Waals surface area contributed by atoms with Crippen LogP contribution >= 0.6 is 0 Å². The van der Waals surface area contributed by atoms with Gasteiger partial charge in [-0.3, -0.25) is 0 Å². The summed E-state index contributed by atoms with van der Waals surface area (Å²) < 4.78 is 19.9. The molecule has 0 radical (unpaired) electrons. The predicted octanol–water partition coefficient (Wildman–Crippen LogP) is 1.89. The van der Waals surface area contributed by atoms with E-state index < -0.39 is 56.1 Å². The fourth-order valence-electron chi connectivity index (χ4n) is 3.80. The summed E-state index contributed by atoms with van der Waals surface area (Å²) in [6.07, 6.45) is 0. The standard InChI is InChI=1S/C19H22N2O4SeSi/c1-24-16(22)19(17(23)25-2)15(27(3,4)5)14(18(19,11-20)12-21)26-13-9-7-6-8-10-13/h6-10,14-15H,1-5H3/t14-,15-/m1/s1/i14D. The van der Waals surface area contributed by atoms with E-state index in [1.807, 2.05) is 62.1 Å². The molecule has 6 nitrogen and oxygen atoms in total. The number of rotatable bonds is 5. The maximum absolute atomic E-state index is 13.0. The van der Waals surface area contributed by atoms with Gasteiger partial charge in [0.1, 0.15) is 0 Å². The topological polar surface area (TPSA) is 100 Å². The SMILES string of the molecule is [2H][C@@]1([Se]c2ccccc2)[C@@H]([Si](C)(C)C)C(C(=O)OC)(C(=O)OC)C1(C#N)C#N. The molecule has 0 aliphatic heterocycles. The number of hydrogen-bond acceptors (Lipinski definition) is 6. The van der Waals surface area contributed by atoms with Gasteiger partial charge in [-0.15, -0.1) is 0 Å². The van der Waals surface area contributed by atoms with Gasteiger partial charge in [0.2, 0.25) is 0 Å². The molecular weight excluding hydrogens is 427 g/mol. The van der Waals surface area contributed by atoms with E-state index in [1.165, 1.54) is 0 Å². The summed E-state index contributed by atoms with van der Waals surface area (Å²) in [5.74, 6) is -1.97. The Morgan fingerprint density at radius 1 is 1.11 bits per heavy atom. The second-order valence-electron chi connectivity index (χ2n) is 7.34. The van der Waals surface area contributed by atoms with E-state index in [1.54, 1.807) is 0 Å². The Bertz CT molecular complexity index is 845. The first-order valence-corrected chi connectivity index (χ1v) is 13.6. The summed E-state index contributed by atoms with van der Waals surface area (Å²) >= 11 is -0.670. The van der Waals surface area contributed by atoms with Crippen LogP contribution in [0.1, 0.15) is 1.37 Å². The Kier molecular flexibility index (Phi) is 5.44. The Morgan fingerprint density at radius 3 is 1.96 bits per heavy atom. The van der Waals surface area contributed by atoms with Crippen LogP contribution in [0.15, 0.2) is 30.3 Å². The summed E-state index contributed by atoms with van der Waals surface area (Å²) in [6, 6.07) is 12.9. The molecule has 2 rings (SSSR count). The number of carbonyl (C=O) groups excluding carboxylic acids is 2. The summed E-state index contributed by atoms with van der Waals surface area (Å²) in [4.78, 5) is 24.3. The van der Waals surface area contributed by atoms with Crippen LogP contribution in [-0.2, 0) is 19.1 Å². The first kappa shape index (κ1) is 19.6. The van der Waals surface area contributed by atoms with Gasteiger partial charge in [0.15, 0.2) is 0 Å². The number of nitrogens with zero attached hydrogens (tertiary/aromatic N) is 2. The summed E-state index contributed by atoms with van der Waals surface area (Å²) in [5.41, 5.74) is -5.17. The van der Waals surface area contributed by atoms with Gasteiger partial charge in [-0.1, -0.05) is 0 Å². The van der Waals surface area contributed by atoms with Gasteiger partial charge < -0.3 is 0 Å². The molecular formula is C19H22N2O4SeSi. The molecule has 0 bridgehead atoms. The molecule has 27 heavy (non-hydrogen) atoms. The monoisotopic (exact) mass is 451 g/mol. The summed E-state index contributed by atoms with van der Waals surface area (Å²) in [5, 5.41) is 20.2. The third-order valence-corrected chi connectivity index (χ3v) is 10.4. The number of esters is 2. The van der Waals surface area contributed by atoms with Crippen LogP contribution < -0.4 is 4.46 Å². The first-order chi connectivity index (χ1) is 13.0. The first-order valence-electron chi connectivity index (χ1n) is 8.77. The van der Waals surface area contributed by atoms with Gasteiger partial charge in [0.25, 0.3) is 0 Å². The zero-order valence-corrected chi connectivity index (χ0v) is 18.6. The van der Waals surface area contributed by atoms with Crippen molar-refractivity contribution in [1.29, 1.82) is 10.5 Å². The van der Waals surface area contributed by atoms with Crippen molar-refractivity contribution in [1.82, 2.24) is 0 Å². The molecule has 0 unspecified atom stereocenters. The number of methoxy groups -OCH3 is 2. The van der Waals surface area contributed by atoms with Crippen molar-refractivity contribution in [2.45, 2.75) is 30.0 Å². The van der Waals surface area contributed by atoms with Crippen LogP contribution in [0.25, 0.3) is 0 Å². The average molecular weight is 450 g/mol. The van der Waals surface area contributed by atoms with Gasteiger partial charge in [0.05, 0.1) is 0 Å². The molecule has 0 spiro atoms. The molecule has 2 atom stereocenters. The van der Waals surface area contributed by atoms with Crippen molar-refractivity contribution >= 4 is 39.4 Å². The Morgan fingerprint density at radius 2 is 1.59 bits per heavy atom. The molecule has 1 saturated carbocycles. The van der Waals surface area contributed by atoms with Crippen molar-refractivity contribution in [3.05, 3.63) is 30.3 Å². The van der Waals surface area contributed by atoms with Crippen molar-refractivity contribution in [2.75, 3.05) is 14.2 Å². The molecule has 1 aromatic carbocycles. The zero-order chi connectivity index (χ0) is 21.4. The third-order valence-electron chi connectivity index (χ3n) is 4.84. The van der Waals surface area contributed by atoms with Crippen LogP contribution in [0.2, 0.25) is 30.0 Å². The molecule has 0 amide bonds. The fraction of sp³-hybridized carbons (Fsp3) is 0.474. The fourth-order valence-corrected chi connectivity index (χ4v) is 11.7. The second kappa shape index (κ2) is 7.48. The zero-order valence-electron chi connectivity index (χ0n) is 16.9. The van der Waals surface area contributed by atoms with Crippen molar-refractivity contribution in [3.8, 4) is 12.1 Å². The Labute approximate surface area is 168 Å². The van der Waals surface area contributed by atoms with Crippen molar-refractivity contribution in [2.24, 2.45) is 10.8 Å². The van der Waals surface area contributed by atoms with Gasteiger partial charge in [-0.05, 0) is 0 Å². The van der Waals surface area contributed by atoms with E-state index in [0.717, 1.165) is 18.7 Å². The second-order valence-corrected chi connectivity index (χ2v) is 15.0. The van der Waals surface area contributed by atoms with Crippen LogP contribution in [0.5, 0.6) is 0 Å². The van der Waals surface area contributed by atoms with Gasteiger partial charge in [0, 0.05) is 0 Å². The molecule has 0 N–H and O–H groups in total. The van der Waals surface area contributed by atoms with Crippen LogP contribution in [0.4, 0.5) is 0 Å². The van der Waals surface area contributed by atoms with Crippen LogP contribution in [-0.4, -0.2) is 49.2 Å². The van der Waals surface area contributed by atoms with Gasteiger partial charge >= 0.3 is 168 Å². The predicted molar refractivity (Wildman–Crippen MR) is 103 cm³/mol. The maximum atomic E-state index is 13.0. The van der Waals surface area contributed by atoms with Gasteiger partial charge in [-0.2, -0.15) is 0 Å². The number of carbonyl (C=O) groups is 2. The molecule has 0 saturated heterocycles. The minimum absolute atomic E-state index is 0.670. The quantitative estimate of drug-likeness (QED) is 0.386. The van der Waals surface area contributed by atoms with E-state index in [4.69, 9.17) is 9.47 Å². The molecule has 0 heterocycles. The van der Waals surface area contributed by atoms with E-state index >= 15 is 0 Å². The third kappa shape index (κ3) is 2.89.